The van der Waals surface area contributed by atoms with Crippen molar-refractivity contribution in [2.24, 2.45) is 5.92 Å². The molecule has 2 aliphatic rings. The summed E-state index contributed by atoms with van der Waals surface area (Å²) in [4.78, 5) is 17.5. The Morgan fingerprint density at radius 2 is 1.69 bits per heavy atom. The molecule has 0 N–H and O–H groups in total. The molecule has 1 unspecified atom stereocenters. The zero-order valence-corrected chi connectivity index (χ0v) is 16.5. The van der Waals surface area contributed by atoms with Crippen molar-refractivity contribution in [2.75, 3.05) is 39.3 Å². The summed E-state index contributed by atoms with van der Waals surface area (Å²) in [6.07, 6.45) is 1.50. The third-order valence-corrected chi connectivity index (χ3v) is 7.35. The maximum absolute atomic E-state index is 12.9. The van der Waals surface area contributed by atoms with E-state index in [0.717, 1.165) is 39.0 Å². The molecule has 1 aromatic carbocycles. The summed E-state index contributed by atoms with van der Waals surface area (Å²) in [5.41, 5.74) is 0. The molecular weight excluding hydrogens is 350 g/mol. The molecule has 0 saturated carbocycles. The monoisotopic (exact) mass is 379 g/mol. The highest BCUT2D eigenvalue weighted by molar-refractivity contribution is 7.89. The highest BCUT2D eigenvalue weighted by atomic mass is 32.2. The maximum atomic E-state index is 12.9. The van der Waals surface area contributed by atoms with Gasteiger partial charge in [-0.05, 0) is 38.8 Å². The van der Waals surface area contributed by atoms with Gasteiger partial charge >= 0.3 is 0 Å². The van der Waals surface area contributed by atoms with Crippen molar-refractivity contribution in [1.29, 1.82) is 0 Å². The highest BCUT2D eigenvalue weighted by Gasteiger charge is 2.35. The number of hydrogen-bond donors (Lipinski definition) is 0. The van der Waals surface area contributed by atoms with Crippen molar-refractivity contribution in [3.63, 3.8) is 0 Å². The molecule has 7 heteroatoms. The molecule has 2 heterocycles. The lowest BCUT2D eigenvalue weighted by atomic mass is 9.97. The van der Waals surface area contributed by atoms with Crippen molar-refractivity contribution in [3.8, 4) is 0 Å². The Bertz CT molecular complexity index is 713. The average Bonchev–Trinajstić information content (AvgIpc) is 2.68. The molecule has 3 rings (SSSR count). The van der Waals surface area contributed by atoms with Crippen LogP contribution in [0.1, 0.15) is 26.7 Å². The Labute approximate surface area is 156 Å². The molecule has 0 spiro atoms. The molecule has 0 bridgehead atoms. The predicted molar refractivity (Wildman–Crippen MR) is 101 cm³/mol. The van der Waals surface area contributed by atoms with Crippen molar-refractivity contribution in [2.45, 2.75) is 37.6 Å². The van der Waals surface area contributed by atoms with Gasteiger partial charge in [0, 0.05) is 45.3 Å². The summed E-state index contributed by atoms with van der Waals surface area (Å²) in [6.45, 7) is 8.38. The molecule has 0 aromatic heterocycles. The van der Waals surface area contributed by atoms with E-state index in [4.69, 9.17) is 0 Å². The van der Waals surface area contributed by atoms with Gasteiger partial charge in [-0.3, -0.25) is 9.69 Å². The van der Waals surface area contributed by atoms with Crippen LogP contribution in [0, 0.1) is 5.92 Å². The fourth-order valence-corrected chi connectivity index (χ4v) is 5.37. The molecule has 0 radical (unpaired) electrons. The van der Waals surface area contributed by atoms with Crippen LogP contribution in [-0.2, 0) is 14.8 Å². The average molecular weight is 380 g/mol. The van der Waals surface area contributed by atoms with E-state index in [-0.39, 0.29) is 11.8 Å². The number of hydrogen-bond acceptors (Lipinski definition) is 4. The summed E-state index contributed by atoms with van der Waals surface area (Å²) in [6, 6.07) is 8.99. The minimum Gasteiger partial charge on any atom is -0.340 e. The quantitative estimate of drug-likeness (QED) is 0.798. The van der Waals surface area contributed by atoms with Crippen molar-refractivity contribution >= 4 is 15.9 Å². The van der Waals surface area contributed by atoms with Crippen LogP contribution in [0.25, 0.3) is 0 Å². The first kappa shape index (κ1) is 19.3. The first-order chi connectivity index (χ1) is 12.4. The van der Waals surface area contributed by atoms with Gasteiger partial charge in [0.2, 0.25) is 15.9 Å². The lowest BCUT2D eigenvalue weighted by Crippen LogP contribution is -2.54. The lowest BCUT2D eigenvalue weighted by molar-refractivity contribution is -0.138. The molecule has 1 amide bonds. The molecular formula is C19H29N3O3S. The van der Waals surface area contributed by atoms with E-state index in [9.17, 15) is 13.2 Å². The first-order valence-electron chi connectivity index (χ1n) is 9.47. The Hall–Kier alpha value is -1.44. The van der Waals surface area contributed by atoms with E-state index in [1.807, 2.05) is 4.90 Å². The zero-order chi connectivity index (χ0) is 18.7. The second kappa shape index (κ2) is 8.06. The molecule has 0 aliphatic carbocycles. The van der Waals surface area contributed by atoms with Gasteiger partial charge < -0.3 is 4.90 Å². The molecule has 2 saturated heterocycles. The van der Waals surface area contributed by atoms with Crippen LogP contribution in [-0.4, -0.2) is 73.7 Å². The number of carbonyl (C=O) groups excluding carboxylic acids is 1. The number of piperidine rings is 1. The summed E-state index contributed by atoms with van der Waals surface area (Å²) < 4.78 is 27.2. The van der Waals surface area contributed by atoms with Crippen LogP contribution in [0.15, 0.2) is 35.2 Å². The SMILES string of the molecule is CC(C)N1CCN(C(=O)C2CCCN(S(=O)(=O)c3ccccc3)C2)CC1. The largest absolute Gasteiger partial charge is 0.340 e. The Morgan fingerprint density at radius 3 is 2.31 bits per heavy atom. The molecule has 26 heavy (non-hydrogen) atoms. The molecule has 144 valence electrons. The summed E-state index contributed by atoms with van der Waals surface area (Å²) >= 11 is 0. The normalized spacial score (nSPS) is 23.3. The number of nitrogens with zero attached hydrogens (tertiary/aromatic N) is 3. The minimum atomic E-state index is -3.52. The molecule has 1 aromatic rings. The Morgan fingerprint density at radius 1 is 1.04 bits per heavy atom. The van der Waals surface area contributed by atoms with Crippen molar-refractivity contribution in [3.05, 3.63) is 30.3 Å². The standard InChI is InChI=1S/C19H29N3O3S/c1-16(2)20-11-13-21(14-12-20)19(23)17-7-6-10-22(15-17)26(24,25)18-8-4-3-5-9-18/h3-5,8-9,16-17H,6-7,10-15H2,1-2H3. The second-order valence-electron chi connectivity index (χ2n) is 7.47. The smallest absolute Gasteiger partial charge is 0.243 e. The van der Waals surface area contributed by atoms with Gasteiger partial charge in [-0.25, -0.2) is 8.42 Å². The number of piperazine rings is 1. The summed E-state index contributed by atoms with van der Waals surface area (Å²) in [5.74, 6) is -0.116. The van der Waals surface area contributed by atoms with Crippen LogP contribution in [0.4, 0.5) is 0 Å². The van der Waals surface area contributed by atoms with Gasteiger partial charge in [0.1, 0.15) is 0 Å². The molecule has 6 nitrogen and oxygen atoms in total. The van der Waals surface area contributed by atoms with Crippen LogP contribution in [0.3, 0.4) is 0 Å². The van der Waals surface area contributed by atoms with Gasteiger partial charge in [0.05, 0.1) is 10.8 Å². The van der Waals surface area contributed by atoms with E-state index in [1.54, 1.807) is 30.3 Å². The number of amides is 1. The summed E-state index contributed by atoms with van der Waals surface area (Å²) in [7, 11) is -3.52. The number of benzene rings is 1. The number of rotatable bonds is 4. The van der Waals surface area contributed by atoms with Crippen LogP contribution >= 0.6 is 0 Å². The van der Waals surface area contributed by atoms with Gasteiger partial charge in [0.15, 0.2) is 0 Å². The minimum absolute atomic E-state index is 0.112. The molecule has 2 aliphatic heterocycles. The predicted octanol–water partition coefficient (Wildman–Crippen LogP) is 1.64. The zero-order valence-electron chi connectivity index (χ0n) is 15.7. The lowest BCUT2D eigenvalue weighted by Gasteiger charge is -2.40. The van der Waals surface area contributed by atoms with Crippen molar-refractivity contribution < 1.29 is 13.2 Å². The van der Waals surface area contributed by atoms with E-state index < -0.39 is 10.0 Å². The van der Waals surface area contributed by atoms with E-state index >= 15 is 0 Å². The Kier molecular flexibility index (Phi) is 5.99. The second-order valence-corrected chi connectivity index (χ2v) is 9.41. The van der Waals surface area contributed by atoms with Gasteiger partial charge in [-0.1, -0.05) is 18.2 Å². The molecule has 2 fully saturated rings. The van der Waals surface area contributed by atoms with E-state index in [2.05, 4.69) is 18.7 Å². The van der Waals surface area contributed by atoms with Crippen LogP contribution < -0.4 is 0 Å². The topological polar surface area (TPSA) is 60.9 Å². The van der Waals surface area contributed by atoms with Crippen LogP contribution in [0.2, 0.25) is 0 Å². The van der Waals surface area contributed by atoms with E-state index in [1.165, 1.54) is 4.31 Å². The van der Waals surface area contributed by atoms with Crippen molar-refractivity contribution in [1.82, 2.24) is 14.1 Å². The third kappa shape index (κ3) is 4.10. The summed E-state index contributed by atoms with van der Waals surface area (Å²) in [5, 5.41) is 0. The fourth-order valence-electron chi connectivity index (χ4n) is 3.82. The van der Waals surface area contributed by atoms with Gasteiger partial charge in [-0.15, -0.1) is 0 Å². The third-order valence-electron chi connectivity index (χ3n) is 5.47. The first-order valence-corrected chi connectivity index (χ1v) is 10.9. The Balaban J connectivity index is 1.64. The fraction of sp³-hybridized carbons (Fsp3) is 0.632. The maximum Gasteiger partial charge on any atom is 0.243 e. The van der Waals surface area contributed by atoms with Crippen LogP contribution in [0.5, 0.6) is 0 Å². The molecule has 1 atom stereocenters. The van der Waals surface area contributed by atoms with Gasteiger partial charge in [0.25, 0.3) is 0 Å². The number of sulfonamides is 1. The van der Waals surface area contributed by atoms with Gasteiger partial charge in [-0.2, -0.15) is 4.31 Å². The van der Waals surface area contributed by atoms with E-state index in [0.29, 0.717) is 24.0 Å². The number of carbonyl (C=O) groups is 1. The highest BCUT2D eigenvalue weighted by Crippen LogP contribution is 2.25.